The van der Waals surface area contributed by atoms with E-state index < -0.39 is 0 Å². The molecule has 0 bridgehead atoms. The summed E-state index contributed by atoms with van der Waals surface area (Å²) in [6, 6.07) is 0. The number of rotatable bonds is 4. The normalized spacial score (nSPS) is 11.4. The van der Waals surface area contributed by atoms with Gasteiger partial charge in [0, 0.05) is 24.0 Å². The number of thiocarbonyl (C=S) groups is 1. The molecule has 17 heavy (non-hydrogen) atoms. The standard InChI is InChI=1S/C12H20N4S/c1-5-6-13-12(17)16-15-10(4)11-8(2)7-14-9(11)3/h7,14H,5-6H2,1-4H3,(H2,13,16,17)/b15-10+. The first-order valence-corrected chi connectivity index (χ1v) is 6.20. The molecule has 0 saturated carbocycles. The molecule has 1 heterocycles. The third-order valence-electron chi connectivity index (χ3n) is 2.50. The van der Waals surface area contributed by atoms with Crippen molar-refractivity contribution in [1.82, 2.24) is 15.7 Å². The van der Waals surface area contributed by atoms with E-state index in [1.807, 2.05) is 20.0 Å². The van der Waals surface area contributed by atoms with Crippen LogP contribution in [0.15, 0.2) is 11.3 Å². The largest absolute Gasteiger partial charge is 0.364 e. The number of hydrogen-bond donors (Lipinski definition) is 3. The molecule has 94 valence electrons. The van der Waals surface area contributed by atoms with Crippen LogP contribution in [-0.2, 0) is 0 Å². The predicted octanol–water partition coefficient (Wildman–Crippen LogP) is 2.23. The number of nitrogens with one attached hydrogen (secondary N) is 3. The maximum Gasteiger partial charge on any atom is 0.186 e. The summed E-state index contributed by atoms with van der Waals surface area (Å²) in [4.78, 5) is 3.18. The minimum atomic E-state index is 0.567. The Kier molecular flexibility index (Phi) is 5.15. The fourth-order valence-corrected chi connectivity index (χ4v) is 1.83. The van der Waals surface area contributed by atoms with Crippen LogP contribution < -0.4 is 10.7 Å². The zero-order valence-corrected chi connectivity index (χ0v) is 11.7. The zero-order chi connectivity index (χ0) is 12.8. The quantitative estimate of drug-likeness (QED) is 0.437. The molecule has 0 saturated heterocycles. The molecular formula is C12H20N4S. The van der Waals surface area contributed by atoms with Crippen LogP contribution >= 0.6 is 12.2 Å². The molecule has 0 radical (unpaired) electrons. The summed E-state index contributed by atoms with van der Waals surface area (Å²) >= 11 is 5.10. The van der Waals surface area contributed by atoms with Gasteiger partial charge in [-0.2, -0.15) is 5.10 Å². The van der Waals surface area contributed by atoms with Gasteiger partial charge in [0.25, 0.3) is 0 Å². The summed E-state index contributed by atoms with van der Waals surface area (Å²) in [5.74, 6) is 0. The summed E-state index contributed by atoms with van der Waals surface area (Å²) in [6.45, 7) is 9.03. The smallest absolute Gasteiger partial charge is 0.186 e. The molecule has 4 nitrogen and oxygen atoms in total. The van der Waals surface area contributed by atoms with Gasteiger partial charge in [0.2, 0.25) is 0 Å². The monoisotopic (exact) mass is 252 g/mol. The molecule has 0 fully saturated rings. The Hall–Kier alpha value is -1.36. The molecule has 0 aromatic carbocycles. The molecule has 0 amide bonds. The van der Waals surface area contributed by atoms with E-state index in [2.05, 4.69) is 34.7 Å². The van der Waals surface area contributed by atoms with Crippen molar-refractivity contribution < 1.29 is 0 Å². The highest BCUT2D eigenvalue weighted by Gasteiger charge is 2.07. The number of aryl methyl sites for hydroxylation is 2. The summed E-state index contributed by atoms with van der Waals surface area (Å²) in [5, 5.41) is 7.92. The number of nitrogens with zero attached hydrogens (tertiary/aromatic N) is 1. The van der Waals surface area contributed by atoms with E-state index in [1.54, 1.807) is 0 Å². The maximum absolute atomic E-state index is 5.10. The average molecular weight is 252 g/mol. The van der Waals surface area contributed by atoms with Gasteiger partial charge in [-0.1, -0.05) is 6.92 Å². The van der Waals surface area contributed by atoms with Crippen LogP contribution in [0.25, 0.3) is 0 Å². The molecule has 1 rings (SSSR count). The van der Waals surface area contributed by atoms with Crippen LogP contribution in [0.5, 0.6) is 0 Å². The highest BCUT2D eigenvalue weighted by Crippen LogP contribution is 2.12. The van der Waals surface area contributed by atoms with Gasteiger partial charge in [-0.25, -0.2) is 0 Å². The van der Waals surface area contributed by atoms with E-state index in [0.717, 1.165) is 29.9 Å². The molecule has 0 aliphatic carbocycles. The van der Waals surface area contributed by atoms with Crippen molar-refractivity contribution in [3.8, 4) is 0 Å². The van der Waals surface area contributed by atoms with Crippen LogP contribution in [-0.4, -0.2) is 22.4 Å². The lowest BCUT2D eigenvalue weighted by Crippen LogP contribution is -2.33. The fourth-order valence-electron chi connectivity index (χ4n) is 1.68. The lowest BCUT2D eigenvalue weighted by atomic mass is 10.1. The number of aromatic amines is 1. The molecule has 0 aliphatic rings. The van der Waals surface area contributed by atoms with Gasteiger partial charge in [-0.05, 0) is 45.0 Å². The van der Waals surface area contributed by atoms with Gasteiger partial charge in [0.1, 0.15) is 0 Å². The van der Waals surface area contributed by atoms with Gasteiger partial charge in [-0.3, -0.25) is 5.43 Å². The summed E-state index contributed by atoms with van der Waals surface area (Å²) < 4.78 is 0. The molecule has 1 aromatic heterocycles. The van der Waals surface area contributed by atoms with Crippen LogP contribution in [0, 0.1) is 13.8 Å². The van der Waals surface area contributed by atoms with Crippen LogP contribution in [0.3, 0.4) is 0 Å². The molecular weight excluding hydrogens is 232 g/mol. The summed E-state index contributed by atoms with van der Waals surface area (Å²) in [6.07, 6.45) is 3.03. The van der Waals surface area contributed by atoms with Crippen molar-refractivity contribution in [1.29, 1.82) is 0 Å². The van der Waals surface area contributed by atoms with E-state index in [1.165, 1.54) is 5.56 Å². The minimum Gasteiger partial charge on any atom is -0.364 e. The first-order valence-electron chi connectivity index (χ1n) is 5.79. The van der Waals surface area contributed by atoms with Crippen molar-refractivity contribution in [2.24, 2.45) is 5.10 Å². The Morgan fingerprint density at radius 3 is 2.71 bits per heavy atom. The highest BCUT2D eigenvalue weighted by atomic mass is 32.1. The Bertz CT molecular complexity index is 401. The highest BCUT2D eigenvalue weighted by molar-refractivity contribution is 7.80. The van der Waals surface area contributed by atoms with E-state index in [0.29, 0.717) is 5.11 Å². The van der Waals surface area contributed by atoms with Crippen LogP contribution in [0.4, 0.5) is 0 Å². The fraction of sp³-hybridized carbons (Fsp3) is 0.500. The Morgan fingerprint density at radius 1 is 1.47 bits per heavy atom. The average Bonchev–Trinajstić information content (AvgIpc) is 2.63. The van der Waals surface area contributed by atoms with Crippen molar-refractivity contribution >= 4 is 23.0 Å². The molecule has 5 heteroatoms. The van der Waals surface area contributed by atoms with Crippen molar-refractivity contribution in [2.75, 3.05) is 6.54 Å². The SMILES string of the molecule is CCCNC(=S)N/N=C(\C)c1c(C)c[nH]c1C. The summed E-state index contributed by atoms with van der Waals surface area (Å²) in [7, 11) is 0. The molecule has 0 atom stereocenters. The van der Waals surface area contributed by atoms with Gasteiger partial charge in [0.05, 0.1) is 5.71 Å². The van der Waals surface area contributed by atoms with E-state index in [4.69, 9.17) is 12.2 Å². The molecule has 3 N–H and O–H groups in total. The lowest BCUT2D eigenvalue weighted by molar-refractivity contribution is 0.816. The molecule has 0 aliphatic heterocycles. The van der Waals surface area contributed by atoms with Crippen molar-refractivity contribution in [3.05, 3.63) is 23.0 Å². The van der Waals surface area contributed by atoms with E-state index >= 15 is 0 Å². The van der Waals surface area contributed by atoms with Crippen molar-refractivity contribution in [2.45, 2.75) is 34.1 Å². The van der Waals surface area contributed by atoms with E-state index in [9.17, 15) is 0 Å². The number of H-pyrrole nitrogens is 1. The number of aromatic nitrogens is 1. The lowest BCUT2D eigenvalue weighted by Gasteiger charge is -2.07. The Labute approximate surface area is 108 Å². The predicted molar refractivity (Wildman–Crippen MR) is 76.5 cm³/mol. The molecule has 0 unspecified atom stereocenters. The third kappa shape index (κ3) is 3.85. The van der Waals surface area contributed by atoms with Gasteiger partial charge in [-0.15, -0.1) is 0 Å². The second-order valence-electron chi connectivity index (χ2n) is 4.04. The first-order chi connectivity index (χ1) is 8.06. The third-order valence-corrected chi connectivity index (χ3v) is 2.73. The molecule has 0 spiro atoms. The second-order valence-corrected chi connectivity index (χ2v) is 4.44. The Balaban J connectivity index is 2.64. The Morgan fingerprint density at radius 2 is 2.18 bits per heavy atom. The van der Waals surface area contributed by atoms with Gasteiger partial charge >= 0.3 is 0 Å². The number of hydrazone groups is 1. The van der Waals surface area contributed by atoms with Crippen molar-refractivity contribution in [3.63, 3.8) is 0 Å². The van der Waals surface area contributed by atoms with Gasteiger partial charge in [0.15, 0.2) is 5.11 Å². The van der Waals surface area contributed by atoms with E-state index in [-0.39, 0.29) is 0 Å². The summed E-state index contributed by atoms with van der Waals surface area (Å²) in [5.41, 5.74) is 7.25. The molecule has 1 aromatic rings. The minimum absolute atomic E-state index is 0.567. The topological polar surface area (TPSA) is 52.2 Å². The van der Waals surface area contributed by atoms with Crippen LogP contribution in [0.1, 0.15) is 37.1 Å². The number of hydrogen-bond acceptors (Lipinski definition) is 2. The maximum atomic E-state index is 5.10. The second kappa shape index (κ2) is 6.39. The van der Waals surface area contributed by atoms with Crippen LogP contribution in [0.2, 0.25) is 0 Å². The first kappa shape index (κ1) is 13.7. The van der Waals surface area contributed by atoms with Gasteiger partial charge < -0.3 is 10.3 Å². The zero-order valence-electron chi connectivity index (χ0n) is 10.8.